The first-order valence-corrected chi connectivity index (χ1v) is 6.12. The molecule has 0 N–H and O–H groups in total. The van der Waals surface area contributed by atoms with E-state index >= 15 is 0 Å². The fourth-order valence-electron chi connectivity index (χ4n) is 1.63. The van der Waals surface area contributed by atoms with Crippen LogP contribution in [0.3, 0.4) is 0 Å². The SMILES string of the molecule is COC(=O)[C@@]1(CP)N=C(c2ccccc2)OC1=O. The lowest BCUT2D eigenvalue weighted by molar-refractivity contribution is -0.154. The predicted octanol–water partition coefficient (Wildman–Crippen LogP) is 0.777. The van der Waals surface area contributed by atoms with Crippen LogP contribution in [0.5, 0.6) is 0 Å². The van der Waals surface area contributed by atoms with Crippen LogP contribution in [0.15, 0.2) is 35.3 Å². The summed E-state index contributed by atoms with van der Waals surface area (Å²) in [6.45, 7) is 0. The fourth-order valence-corrected chi connectivity index (χ4v) is 2.05. The third-order valence-corrected chi connectivity index (χ3v) is 3.25. The van der Waals surface area contributed by atoms with Crippen LogP contribution in [0.1, 0.15) is 5.56 Å². The van der Waals surface area contributed by atoms with Gasteiger partial charge < -0.3 is 9.47 Å². The Morgan fingerprint density at radius 3 is 2.67 bits per heavy atom. The van der Waals surface area contributed by atoms with E-state index in [1.165, 1.54) is 7.11 Å². The number of hydrogen-bond acceptors (Lipinski definition) is 5. The summed E-state index contributed by atoms with van der Waals surface area (Å²) in [4.78, 5) is 27.7. The van der Waals surface area contributed by atoms with E-state index in [0.29, 0.717) is 5.56 Å². The van der Waals surface area contributed by atoms with Crippen molar-refractivity contribution in [1.82, 2.24) is 0 Å². The fraction of sp³-hybridized carbons (Fsp3) is 0.250. The van der Waals surface area contributed by atoms with Gasteiger partial charge in [-0.15, -0.1) is 9.24 Å². The van der Waals surface area contributed by atoms with Crippen LogP contribution in [0, 0.1) is 0 Å². The molecule has 0 saturated heterocycles. The summed E-state index contributed by atoms with van der Waals surface area (Å²) in [6.07, 6.45) is 0.120. The van der Waals surface area contributed by atoms with Crippen molar-refractivity contribution >= 4 is 27.1 Å². The third kappa shape index (κ3) is 1.91. The Bertz CT molecular complexity index is 514. The highest BCUT2D eigenvalue weighted by Crippen LogP contribution is 2.27. The number of carbonyl (C=O) groups is 2. The van der Waals surface area contributed by atoms with Crippen molar-refractivity contribution in [3.63, 3.8) is 0 Å². The maximum absolute atomic E-state index is 11.9. The summed E-state index contributed by atoms with van der Waals surface area (Å²) >= 11 is 0. The van der Waals surface area contributed by atoms with Gasteiger partial charge in [0.2, 0.25) is 5.90 Å². The molecule has 0 radical (unpaired) electrons. The average Bonchev–Trinajstić information content (AvgIpc) is 2.77. The number of carbonyl (C=O) groups excluding carboxylic acids is 2. The number of nitrogens with zero attached hydrogens (tertiary/aromatic N) is 1. The first-order chi connectivity index (χ1) is 8.64. The summed E-state index contributed by atoms with van der Waals surface area (Å²) in [7, 11) is 3.54. The zero-order valence-electron chi connectivity index (χ0n) is 9.75. The van der Waals surface area contributed by atoms with Gasteiger partial charge in [0.1, 0.15) is 0 Å². The molecule has 6 heteroatoms. The lowest BCUT2D eigenvalue weighted by Crippen LogP contribution is -2.45. The van der Waals surface area contributed by atoms with Crippen LogP contribution in [-0.2, 0) is 19.1 Å². The number of methoxy groups -OCH3 is 1. The minimum Gasteiger partial charge on any atom is -0.467 e. The second-order valence-corrected chi connectivity index (χ2v) is 4.14. The van der Waals surface area contributed by atoms with E-state index in [4.69, 9.17) is 4.74 Å². The topological polar surface area (TPSA) is 65.0 Å². The molecule has 0 aromatic heterocycles. The smallest absolute Gasteiger partial charge is 0.353 e. The molecule has 2 atom stereocenters. The van der Waals surface area contributed by atoms with E-state index in [9.17, 15) is 9.59 Å². The van der Waals surface area contributed by atoms with Gasteiger partial charge in [0, 0.05) is 11.7 Å². The van der Waals surface area contributed by atoms with Gasteiger partial charge in [-0.3, -0.25) is 0 Å². The zero-order chi connectivity index (χ0) is 13.2. The summed E-state index contributed by atoms with van der Waals surface area (Å²) in [6, 6.07) is 8.93. The van der Waals surface area contributed by atoms with Gasteiger partial charge in [-0.1, -0.05) is 18.2 Å². The predicted molar refractivity (Wildman–Crippen MR) is 68.4 cm³/mol. The van der Waals surface area contributed by atoms with Crippen molar-refractivity contribution in [3.8, 4) is 0 Å². The molecule has 0 saturated carbocycles. The van der Waals surface area contributed by atoms with Gasteiger partial charge in [-0.05, 0) is 12.1 Å². The van der Waals surface area contributed by atoms with Gasteiger partial charge in [0.25, 0.3) is 5.54 Å². The van der Waals surface area contributed by atoms with Crippen LogP contribution in [0.4, 0.5) is 0 Å². The third-order valence-electron chi connectivity index (χ3n) is 2.66. The zero-order valence-corrected chi connectivity index (χ0v) is 10.9. The summed E-state index contributed by atoms with van der Waals surface area (Å²) in [5.41, 5.74) is -0.944. The summed E-state index contributed by atoms with van der Waals surface area (Å²) < 4.78 is 9.70. The highest BCUT2D eigenvalue weighted by atomic mass is 31.0. The van der Waals surface area contributed by atoms with Crippen molar-refractivity contribution < 1.29 is 19.1 Å². The Hall–Kier alpha value is -1.74. The van der Waals surface area contributed by atoms with Crippen molar-refractivity contribution in [2.75, 3.05) is 13.3 Å². The van der Waals surface area contributed by atoms with E-state index in [1.54, 1.807) is 24.3 Å². The molecule has 2 rings (SSSR count). The molecule has 94 valence electrons. The average molecular weight is 265 g/mol. The maximum Gasteiger partial charge on any atom is 0.353 e. The molecular formula is C12H12NO4P. The standard InChI is InChI=1S/C12H12NO4P/c1-16-10(14)12(7-18)11(15)17-9(13-12)8-5-3-2-4-6-8/h2-6H,7,18H2,1H3/t12-/m1/s1. The normalized spacial score (nSPS) is 22.3. The number of aliphatic imine (C=N–C) groups is 1. The quantitative estimate of drug-likeness (QED) is 0.460. The van der Waals surface area contributed by atoms with Crippen LogP contribution >= 0.6 is 9.24 Å². The second-order valence-electron chi connectivity index (χ2n) is 3.73. The number of esters is 2. The van der Waals surface area contributed by atoms with Crippen molar-refractivity contribution in [2.45, 2.75) is 5.54 Å². The Kier molecular flexibility index (Phi) is 3.43. The molecule has 1 unspecified atom stereocenters. The lowest BCUT2D eigenvalue weighted by Gasteiger charge is -2.15. The molecule has 0 spiro atoms. The van der Waals surface area contributed by atoms with Crippen molar-refractivity contribution in [2.24, 2.45) is 4.99 Å². The molecule has 0 bridgehead atoms. The van der Waals surface area contributed by atoms with Gasteiger partial charge in [-0.25, -0.2) is 14.6 Å². The van der Waals surface area contributed by atoms with Gasteiger partial charge in [0.05, 0.1) is 7.11 Å². The second kappa shape index (κ2) is 4.86. The lowest BCUT2D eigenvalue weighted by atomic mass is 10.1. The Labute approximate surface area is 106 Å². The Morgan fingerprint density at radius 1 is 1.44 bits per heavy atom. The maximum atomic E-state index is 11.9. The first-order valence-electron chi connectivity index (χ1n) is 5.30. The first kappa shape index (κ1) is 12.7. The Balaban J connectivity index is 2.43. The van der Waals surface area contributed by atoms with E-state index in [2.05, 4.69) is 19.0 Å². The highest BCUT2D eigenvalue weighted by Gasteiger charge is 2.52. The summed E-state index contributed by atoms with van der Waals surface area (Å²) in [5, 5.41) is 0. The van der Waals surface area contributed by atoms with Crippen LogP contribution in [0.25, 0.3) is 0 Å². The van der Waals surface area contributed by atoms with E-state index in [1.807, 2.05) is 6.07 Å². The van der Waals surface area contributed by atoms with Gasteiger partial charge >= 0.3 is 11.9 Å². The molecule has 1 aromatic carbocycles. The van der Waals surface area contributed by atoms with Gasteiger partial charge in [0.15, 0.2) is 0 Å². The molecule has 1 aromatic rings. The molecule has 0 aliphatic carbocycles. The highest BCUT2D eigenvalue weighted by molar-refractivity contribution is 7.16. The number of benzene rings is 1. The molecule has 5 nitrogen and oxygen atoms in total. The van der Waals surface area contributed by atoms with E-state index in [0.717, 1.165) is 0 Å². The summed E-state index contributed by atoms with van der Waals surface area (Å²) in [5.74, 6) is -1.27. The number of ether oxygens (including phenoxy) is 2. The molecule has 1 heterocycles. The van der Waals surface area contributed by atoms with Gasteiger partial charge in [-0.2, -0.15) is 0 Å². The largest absolute Gasteiger partial charge is 0.467 e. The van der Waals surface area contributed by atoms with Crippen molar-refractivity contribution in [1.29, 1.82) is 0 Å². The van der Waals surface area contributed by atoms with Crippen LogP contribution in [-0.4, -0.2) is 36.6 Å². The minimum atomic E-state index is -1.59. The number of hydrogen-bond donors (Lipinski definition) is 0. The van der Waals surface area contributed by atoms with Crippen molar-refractivity contribution in [3.05, 3.63) is 35.9 Å². The molecule has 1 aliphatic heterocycles. The molecule has 0 amide bonds. The molecule has 18 heavy (non-hydrogen) atoms. The Morgan fingerprint density at radius 2 is 2.11 bits per heavy atom. The molecule has 1 aliphatic rings. The number of cyclic esters (lactones) is 1. The molecular weight excluding hydrogens is 253 g/mol. The van der Waals surface area contributed by atoms with Crippen LogP contribution < -0.4 is 0 Å². The number of rotatable bonds is 3. The minimum absolute atomic E-state index is 0.120. The monoisotopic (exact) mass is 265 g/mol. The van der Waals surface area contributed by atoms with E-state index < -0.39 is 17.5 Å². The van der Waals surface area contributed by atoms with E-state index in [-0.39, 0.29) is 12.1 Å². The molecule has 0 fully saturated rings. The van der Waals surface area contributed by atoms with Crippen LogP contribution in [0.2, 0.25) is 0 Å².